The Kier molecular flexibility index (Phi) is 4.70. The van der Waals surface area contributed by atoms with Gasteiger partial charge in [0.2, 0.25) is 0 Å². The van der Waals surface area contributed by atoms with Crippen molar-refractivity contribution in [3.63, 3.8) is 0 Å². The highest BCUT2D eigenvalue weighted by atomic mass is 79.9. The van der Waals surface area contributed by atoms with E-state index in [4.69, 9.17) is 14.4 Å². The van der Waals surface area contributed by atoms with Gasteiger partial charge in [-0.3, -0.25) is 0 Å². The summed E-state index contributed by atoms with van der Waals surface area (Å²) >= 11 is 3.36. The highest BCUT2D eigenvalue weighted by molar-refractivity contribution is 9.10. The van der Waals surface area contributed by atoms with Crippen LogP contribution in [0, 0.1) is 0 Å². The van der Waals surface area contributed by atoms with Gasteiger partial charge in [-0.25, -0.2) is 4.79 Å². The van der Waals surface area contributed by atoms with E-state index in [2.05, 4.69) is 21.1 Å². The van der Waals surface area contributed by atoms with Gasteiger partial charge in [0.1, 0.15) is 5.76 Å². The molecule has 1 aromatic carbocycles. The smallest absolute Gasteiger partial charge is 0.358 e. The van der Waals surface area contributed by atoms with Crippen LogP contribution >= 0.6 is 15.9 Å². The van der Waals surface area contributed by atoms with Gasteiger partial charge in [-0.2, -0.15) is 0 Å². The van der Waals surface area contributed by atoms with Crippen molar-refractivity contribution in [1.29, 1.82) is 0 Å². The number of carbonyl (C=O) groups is 1. The van der Waals surface area contributed by atoms with Gasteiger partial charge in [-0.15, -0.1) is 0 Å². The minimum Gasteiger partial charge on any atom is -0.476 e. The van der Waals surface area contributed by atoms with E-state index in [1.807, 2.05) is 24.3 Å². The molecule has 2 aromatic rings. The van der Waals surface area contributed by atoms with Gasteiger partial charge in [0.15, 0.2) is 5.69 Å². The van der Waals surface area contributed by atoms with Crippen LogP contribution in [-0.2, 0) is 17.8 Å². The van der Waals surface area contributed by atoms with E-state index in [1.54, 1.807) is 0 Å². The lowest BCUT2D eigenvalue weighted by Crippen LogP contribution is -1.98. The largest absolute Gasteiger partial charge is 0.476 e. The second-order valence-electron chi connectivity index (χ2n) is 3.91. The Morgan fingerprint density at radius 2 is 2.11 bits per heavy atom. The molecule has 0 saturated heterocycles. The quantitative estimate of drug-likeness (QED) is 0.827. The first-order valence-electron chi connectivity index (χ1n) is 5.66. The Labute approximate surface area is 118 Å². The maximum atomic E-state index is 10.6. The molecule has 0 aliphatic heterocycles. The third-order valence-electron chi connectivity index (χ3n) is 2.45. The molecule has 0 radical (unpaired) electrons. The van der Waals surface area contributed by atoms with Crippen LogP contribution in [0.5, 0.6) is 0 Å². The number of nitrogens with zero attached hydrogens (tertiary/aromatic N) is 1. The molecule has 0 aliphatic rings. The van der Waals surface area contributed by atoms with Crippen molar-refractivity contribution in [2.45, 2.75) is 13.0 Å². The standard InChI is InChI=1S/C13H12BrNO4/c14-10-3-1-9(2-4-10)8-18-6-5-11-7-12(13(16)17)15-19-11/h1-4,7H,5-6,8H2,(H,16,17). The highest BCUT2D eigenvalue weighted by Gasteiger charge is 2.10. The Morgan fingerprint density at radius 3 is 2.74 bits per heavy atom. The zero-order valence-electron chi connectivity index (χ0n) is 10.0. The van der Waals surface area contributed by atoms with Crippen molar-refractivity contribution in [3.05, 3.63) is 51.8 Å². The zero-order chi connectivity index (χ0) is 13.7. The summed E-state index contributed by atoms with van der Waals surface area (Å²) in [5.74, 6) is -0.584. The molecule has 5 nitrogen and oxygen atoms in total. The van der Waals surface area contributed by atoms with E-state index >= 15 is 0 Å². The predicted octanol–water partition coefficient (Wildman–Crippen LogP) is 2.89. The summed E-state index contributed by atoms with van der Waals surface area (Å²) in [5.41, 5.74) is 0.995. The molecule has 0 amide bonds. The van der Waals surface area contributed by atoms with E-state index < -0.39 is 5.97 Å². The van der Waals surface area contributed by atoms with Gasteiger partial charge in [0.05, 0.1) is 13.2 Å². The highest BCUT2D eigenvalue weighted by Crippen LogP contribution is 2.11. The van der Waals surface area contributed by atoms with Crippen LogP contribution in [0.1, 0.15) is 21.8 Å². The van der Waals surface area contributed by atoms with Gasteiger partial charge in [0.25, 0.3) is 0 Å². The zero-order valence-corrected chi connectivity index (χ0v) is 11.6. The van der Waals surface area contributed by atoms with Crippen molar-refractivity contribution in [1.82, 2.24) is 5.16 Å². The van der Waals surface area contributed by atoms with E-state index in [-0.39, 0.29) is 5.69 Å². The minimum atomic E-state index is -1.09. The number of hydrogen-bond acceptors (Lipinski definition) is 4. The number of carboxylic acids is 1. The molecule has 0 saturated carbocycles. The van der Waals surface area contributed by atoms with Gasteiger partial charge in [-0.05, 0) is 17.7 Å². The molecule has 19 heavy (non-hydrogen) atoms. The molecule has 1 N–H and O–H groups in total. The fourth-order valence-electron chi connectivity index (χ4n) is 1.48. The molecule has 6 heteroatoms. The number of rotatable bonds is 6. The summed E-state index contributed by atoms with van der Waals surface area (Å²) < 4.78 is 11.4. The second kappa shape index (κ2) is 6.49. The van der Waals surface area contributed by atoms with Crippen LogP contribution in [0.4, 0.5) is 0 Å². The third kappa shape index (κ3) is 4.18. The summed E-state index contributed by atoms with van der Waals surface area (Å²) in [6, 6.07) is 9.26. The van der Waals surface area contributed by atoms with Crippen LogP contribution < -0.4 is 0 Å². The number of ether oxygens (including phenoxy) is 1. The van der Waals surface area contributed by atoms with Crippen molar-refractivity contribution in [2.75, 3.05) is 6.61 Å². The van der Waals surface area contributed by atoms with Gasteiger partial charge in [0, 0.05) is 17.0 Å². The first kappa shape index (κ1) is 13.8. The normalized spacial score (nSPS) is 10.6. The van der Waals surface area contributed by atoms with Crippen LogP contribution in [0.2, 0.25) is 0 Å². The van der Waals surface area contributed by atoms with Crippen molar-refractivity contribution >= 4 is 21.9 Å². The predicted molar refractivity (Wildman–Crippen MR) is 71.0 cm³/mol. The minimum absolute atomic E-state index is 0.0806. The van der Waals surface area contributed by atoms with Crippen LogP contribution in [-0.4, -0.2) is 22.8 Å². The maximum Gasteiger partial charge on any atom is 0.358 e. The molecular formula is C13H12BrNO4. The van der Waals surface area contributed by atoms with Crippen molar-refractivity contribution < 1.29 is 19.2 Å². The number of hydrogen-bond donors (Lipinski definition) is 1. The van der Waals surface area contributed by atoms with E-state index in [0.29, 0.717) is 25.4 Å². The van der Waals surface area contributed by atoms with E-state index in [1.165, 1.54) is 6.07 Å². The van der Waals surface area contributed by atoms with E-state index in [9.17, 15) is 4.79 Å². The number of carboxylic acid groups (broad SMARTS) is 1. The second-order valence-corrected chi connectivity index (χ2v) is 4.83. The maximum absolute atomic E-state index is 10.6. The average molecular weight is 326 g/mol. The summed E-state index contributed by atoms with van der Waals surface area (Å²) in [5, 5.41) is 12.1. The third-order valence-corrected chi connectivity index (χ3v) is 2.98. The number of aromatic nitrogens is 1. The lowest BCUT2D eigenvalue weighted by molar-refractivity contribution is 0.0685. The topological polar surface area (TPSA) is 72.6 Å². The lowest BCUT2D eigenvalue weighted by atomic mass is 10.2. The molecule has 0 aliphatic carbocycles. The Balaban J connectivity index is 1.74. The van der Waals surface area contributed by atoms with Crippen molar-refractivity contribution in [3.8, 4) is 0 Å². The molecule has 0 bridgehead atoms. The summed E-state index contributed by atoms with van der Waals surface area (Å²) in [7, 11) is 0. The van der Waals surface area contributed by atoms with Gasteiger partial charge < -0.3 is 14.4 Å². The fourth-order valence-corrected chi connectivity index (χ4v) is 1.74. The Morgan fingerprint density at radius 1 is 1.37 bits per heavy atom. The first-order chi connectivity index (χ1) is 9.15. The average Bonchev–Trinajstić information content (AvgIpc) is 2.86. The molecule has 0 spiro atoms. The molecule has 1 aromatic heterocycles. The molecule has 100 valence electrons. The van der Waals surface area contributed by atoms with Crippen LogP contribution in [0.3, 0.4) is 0 Å². The molecule has 0 atom stereocenters. The monoisotopic (exact) mass is 325 g/mol. The fraction of sp³-hybridized carbons (Fsp3) is 0.231. The summed E-state index contributed by atoms with van der Waals surface area (Å²) in [4.78, 5) is 10.6. The van der Waals surface area contributed by atoms with Crippen LogP contribution in [0.15, 0.2) is 39.3 Å². The lowest BCUT2D eigenvalue weighted by Gasteiger charge is -2.02. The first-order valence-corrected chi connectivity index (χ1v) is 6.45. The number of aromatic carboxylic acids is 1. The molecular weight excluding hydrogens is 314 g/mol. The molecule has 0 unspecified atom stereocenters. The number of halogens is 1. The van der Waals surface area contributed by atoms with Crippen molar-refractivity contribution in [2.24, 2.45) is 0 Å². The summed E-state index contributed by atoms with van der Waals surface area (Å²) in [6.07, 6.45) is 0.497. The molecule has 0 fully saturated rings. The van der Waals surface area contributed by atoms with E-state index in [0.717, 1.165) is 10.0 Å². The SMILES string of the molecule is O=C(O)c1cc(CCOCc2ccc(Br)cc2)on1. The van der Waals surface area contributed by atoms with Gasteiger partial charge in [-0.1, -0.05) is 33.2 Å². The molecule has 1 heterocycles. The molecule has 2 rings (SSSR count). The Bertz CT molecular complexity index is 550. The Hall–Kier alpha value is -1.66. The van der Waals surface area contributed by atoms with Crippen LogP contribution in [0.25, 0.3) is 0 Å². The number of benzene rings is 1. The summed E-state index contributed by atoms with van der Waals surface area (Å²) in [6.45, 7) is 0.956. The van der Waals surface area contributed by atoms with Gasteiger partial charge >= 0.3 is 5.97 Å².